The third-order valence-corrected chi connectivity index (χ3v) is 2.47. The lowest BCUT2D eigenvalue weighted by molar-refractivity contribution is -0.137. The summed E-state index contributed by atoms with van der Waals surface area (Å²) in [7, 11) is 1.24. The molecule has 21 heavy (non-hydrogen) atoms. The van der Waals surface area contributed by atoms with Crippen LogP contribution in [0.3, 0.4) is 0 Å². The molecule has 0 aliphatic carbocycles. The first kappa shape index (κ1) is 16.8. The molecule has 0 aromatic heterocycles. The van der Waals surface area contributed by atoms with Crippen molar-refractivity contribution in [2.45, 2.75) is 32.5 Å². The Hall–Kier alpha value is -2.30. The molecule has 1 aromatic rings. The van der Waals surface area contributed by atoms with Crippen molar-refractivity contribution in [3.8, 4) is 0 Å². The lowest BCUT2D eigenvalue weighted by Gasteiger charge is -2.23. The summed E-state index contributed by atoms with van der Waals surface area (Å²) in [6.45, 7) is 8.81. The number of hydrogen-bond donors (Lipinski definition) is 0. The van der Waals surface area contributed by atoms with Gasteiger partial charge in [0.05, 0.1) is 12.7 Å². The van der Waals surface area contributed by atoms with E-state index in [9.17, 15) is 9.59 Å². The van der Waals surface area contributed by atoms with Gasteiger partial charge in [0.1, 0.15) is 5.60 Å². The Morgan fingerprint density at radius 3 is 2.19 bits per heavy atom. The monoisotopic (exact) mass is 292 g/mol. The van der Waals surface area contributed by atoms with E-state index in [0.29, 0.717) is 5.56 Å². The largest absolute Gasteiger partial charge is 0.509 e. The minimum Gasteiger partial charge on any atom is -0.466 e. The van der Waals surface area contributed by atoms with Crippen molar-refractivity contribution >= 4 is 12.1 Å². The molecule has 0 aliphatic heterocycles. The van der Waals surface area contributed by atoms with Crippen LogP contribution in [0.25, 0.3) is 0 Å². The number of carbonyl (C=O) groups is 2. The number of rotatable bonds is 4. The van der Waals surface area contributed by atoms with Gasteiger partial charge in [0, 0.05) is 0 Å². The smallest absolute Gasteiger partial charge is 0.466 e. The highest BCUT2D eigenvalue weighted by atomic mass is 16.7. The maximum atomic E-state index is 11.8. The standard InChI is InChI=1S/C16H20O5/c1-11(14(17)19-5)13(12-9-7-6-8-10-12)20-15(18)21-16(2,3)4/h6-10,13H,1H2,2-5H3. The summed E-state index contributed by atoms with van der Waals surface area (Å²) in [5.74, 6) is -0.646. The number of ether oxygens (including phenoxy) is 3. The average molecular weight is 292 g/mol. The maximum Gasteiger partial charge on any atom is 0.509 e. The van der Waals surface area contributed by atoms with Gasteiger partial charge in [-0.3, -0.25) is 0 Å². The second-order valence-corrected chi connectivity index (χ2v) is 5.39. The summed E-state index contributed by atoms with van der Waals surface area (Å²) in [5.41, 5.74) is -0.0569. The lowest BCUT2D eigenvalue weighted by Crippen LogP contribution is -2.27. The van der Waals surface area contributed by atoms with Crippen molar-refractivity contribution in [2.75, 3.05) is 7.11 Å². The molecule has 0 amide bonds. The molecule has 0 radical (unpaired) electrons. The van der Waals surface area contributed by atoms with Crippen LogP contribution in [0.4, 0.5) is 4.79 Å². The van der Waals surface area contributed by atoms with Crippen LogP contribution in [0.2, 0.25) is 0 Å². The topological polar surface area (TPSA) is 61.8 Å². The maximum absolute atomic E-state index is 11.8. The molecule has 5 nitrogen and oxygen atoms in total. The SMILES string of the molecule is C=C(C(=O)OC)C(OC(=O)OC(C)(C)C)c1ccccc1. The number of benzene rings is 1. The molecule has 1 unspecified atom stereocenters. The zero-order valence-corrected chi connectivity index (χ0v) is 12.7. The van der Waals surface area contributed by atoms with Crippen molar-refractivity contribution in [2.24, 2.45) is 0 Å². The number of esters is 1. The third-order valence-electron chi connectivity index (χ3n) is 2.47. The van der Waals surface area contributed by atoms with Gasteiger partial charge in [-0.15, -0.1) is 0 Å². The first-order valence-electron chi connectivity index (χ1n) is 6.46. The van der Waals surface area contributed by atoms with Gasteiger partial charge in [-0.05, 0) is 26.3 Å². The number of hydrogen-bond acceptors (Lipinski definition) is 5. The first-order chi connectivity index (χ1) is 9.74. The van der Waals surface area contributed by atoms with E-state index in [4.69, 9.17) is 9.47 Å². The van der Waals surface area contributed by atoms with Crippen molar-refractivity contribution in [1.82, 2.24) is 0 Å². The average Bonchev–Trinajstić information content (AvgIpc) is 2.42. The summed E-state index contributed by atoms with van der Waals surface area (Å²) in [6.07, 6.45) is -1.82. The van der Waals surface area contributed by atoms with Crippen LogP contribution < -0.4 is 0 Å². The second kappa shape index (κ2) is 6.92. The minimum atomic E-state index is -0.950. The Morgan fingerprint density at radius 1 is 1.14 bits per heavy atom. The normalized spacial score (nSPS) is 12.2. The molecule has 0 fully saturated rings. The molecule has 0 aliphatic rings. The van der Waals surface area contributed by atoms with Crippen LogP contribution in [0.5, 0.6) is 0 Å². The zero-order chi connectivity index (χ0) is 16.0. The molecule has 0 N–H and O–H groups in total. The summed E-state index contributed by atoms with van der Waals surface area (Å²) in [6, 6.07) is 8.80. The van der Waals surface area contributed by atoms with Crippen LogP contribution >= 0.6 is 0 Å². The highest BCUT2D eigenvalue weighted by Gasteiger charge is 2.28. The van der Waals surface area contributed by atoms with Gasteiger partial charge in [-0.25, -0.2) is 9.59 Å². The Morgan fingerprint density at radius 2 is 1.71 bits per heavy atom. The Labute approximate surface area is 124 Å². The van der Waals surface area contributed by atoms with E-state index in [2.05, 4.69) is 11.3 Å². The lowest BCUT2D eigenvalue weighted by atomic mass is 10.0. The van der Waals surface area contributed by atoms with Crippen LogP contribution in [0, 0.1) is 0 Å². The number of carbonyl (C=O) groups excluding carboxylic acids is 2. The van der Waals surface area contributed by atoms with E-state index >= 15 is 0 Å². The van der Waals surface area contributed by atoms with Crippen molar-refractivity contribution in [3.05, 3.63) is 48.0 Å². The molecule has 1 atom stereocenters. The molecule has 114 valence electrons. The highest BCUT2D eigenvalue weighted by molar-refractivity contribution is 5.89. The van der Waals surface area contributed by atoms with E-state index in [0.717, 1.165) is 0 Å². The minimum absolute atomic E-state index is 0.0227. The Kier molecular flexibility index (Phi) is 5.52. The first-order valence-corrected chi connectivity index (χ1v) is 6.46. The van der Waals surface area contributed by atoms with Gasteiger partial charge in [0.25, 0.3) is 0 Å². The summed E-state index contributed by atoms with van der Waals surface area (Å²) in [4.78, 5) is 23.5. The van der Waals surface area contributed by atoms with E-state index in [1.165, 1.54) is 7.11 Å². The fraction of sp³-hybridized carbons (Fsp3) is 0.375. The van der Waals surface area contributed by atoms with Gasteiger partial charge >= 0.3 is 12.1 Å². The molecular formula is C16H20O5. The van der Waals surface area contributed by atoms with E-state index < -0.39 is 23.8 Å². The van der Waals surface area contributed by atoms with Crippen molar-refractivity contribution < 1.29 is 23.8 Å². The molecule has 0 saturated carbocycles. The molecule has 0 heterocycles. The third kappa shape index (κ3) is 5.30. The fourth-order valence-electron chi connectivity index (χ4n) is 1.58. The summed E-state index contributed by atoms with van der Waals surface area (Å²) >= 11 is 0. The molecule has 1 rings (SSSR count). The van der Waals surface area contributed by atoms with E-state index in [1.807, 2.05) is 6.07 Å². The molecule has 1 aromatic carbocycles. The molecule has 0 saturated heterocycles. The Balaban J connectivity index is 2.96. The fourth-order valence-corrected chi connectivity index (χ4v) is 1.58. The van der Waals surface area contributed by atoms with Gasteiger partial charge in [0.15, 0.2) is 6.10 Å². The predicted octanol–water partition coefficient (Wildman–Crippen LogP) is 3.41. The second-order valence-electron chi connectivity index (χ2n) is 5.39. The van der Waals surface area contributed by atoms with Gasteiger partial charge in [0.2, 0.25) is 0 Å². The highest BCUT2D eigenvalue weighted by Crippen LogP contribution is 2.26. The summed E-state index contributed by atoms with van der Waals surface area (Å²) in [5, 5.41) is 0. The predicted molar refractivity (Wildman–Crippen MR) is 77.7 cm³/mol. The van der Waals surface area contributed by atoms with Crippen LogP contribution in [0.1, 0.15) is 32.4 Å². The number of methoxy groups -OCH3 is 1. The molecule has 0 spiro atoms. The zero-order valence-electron chi connectivity index (χ0n) is 12.7. The quantitative estimate of drug-likeness (QED) is 0.628. The van der Waals surface area contributed by atoms with Crippen LogP contribution in [-0.4, -0.2) is 24.8 Å². The summed E-state index contributed by atoms with van der Waals surface area (Å²) < 4.78 is 15.0. The van der Waals surface area contributed by atoms with Gasteiger partial charge in [-0.1, -0.05) is 36.9 Å². The van der Waals surface area contributed by atoms with Gasteiger partial charge in [-0.2, -0.15) is 0 Å². The van der Waals surface area contributed by atoms with Gasteiger partial charge < -0.3 is 14.2 Å². The molecular weight excluding hydrogens is 272 g/mol. The van der Waals surface area contributed by atoms with Crippen molar-refractivity contribution in [1.29, 1.82) is 0 Å². The van der Waals surface area contributed by atoms with Crippen LogP contribution in [-0.2, 0) is 19.0 Å². The van der Waals surface area contributed by atoms with Crippen molar-refractivity contribution in [3.63, 3.8) is 0 Å². The van der Waals surface area contributed by atoms with E-state index in [1.54, 1.807) is 45.0 Å². The molecule has 0 bridgehead atoms. The van der Waals surface area contributed by atoms with Crippen LogP contribution in [0.15, 0.2) is 42.5 Å². The van der Waals surface area contributed by atoms with E-state index in [-0.39, 0.29) is 5.57 Å². The molecule has 5 heteroatoms. The Bertz CT molecular complexity index is 513.